The van der Waals surface area contributed by atoms with Crippen LogP contribution in [0.3, 0.4) is 0 Å². The molecular weight excluding hydrogens is 388 g/mol. The maximum Gasteiger partial charge on any atom is 0.257 e. The van der Waals surface area contributed by atoms with Crippen molar-refractivity contribution in [3.63, 3.8) is 0 Å². The van der Waals surface area contributed by atoms with Gasteiger partial charge in [0.25, 0.3) is 5.91 Å². The van der Waals surface area contributed by atoms with Crippen LogP contribution in [0, 0.1) is 5.92 Å². The van der Waals surface area contributed by atoms with Crippen LogP contribution < -0.4 is 9.62 Å². The molecule has 1 saturated heterocycles. The number of rotatable bonds is 4. The molecule has 1 heterocycles. The minimum absolute atomic E-state index is 0.0938. The molecule has 3 rings (SSSR count). The summed E-state index contributed by atoms with van der Waals surface area (Å²) in [4.78, 5) is 24.9. The van der Waals surface area contributed by atoms with Gasteiger partial charge in [0, 0.05) is 5.69 Å². The van der Waals surface area contributed by atoms with Gasteiger partial charge < -0.3 is 5.32 Å². The van der Waals surface area contributed by atoms with Crippen LogP contribution in [0.25, 0.3) is 0 Å². The van der Waals surface area contributed by atoms with Gasteiger partial charge in [-0.15, -0.1) is 0 Å². The van der Waals surface area contributed by atoms with Crippen molar-refractivity contribution in [3.05, 3.63) is 58.6 Å². The van der Waals surface area contributed by atoms with Crippen molar-refractivity contribution in [1.82, 2.24) is 0 Å². The third-order valence-electron chi connectivity index (χ3n) is 4.41. The minimum atomic E-state index is -3.75. The molecule has 6 nitrogen and oxygen atoms in total. The predicted octanol–water partition coefficient (Wildman–Crippen LogP) is 3.47. The Bertz CT molecular complexity index is 1000. The SMILES string of the molecule is CCc1ccc(NC(=O)c2cc(N3C(=O)C(C)CS3(=O)=O)ccc2Cl)cc1. The van der Waals surface area contributed by atoms with E-state index in [4.69, 9.17) is 11.6 Å². The zero-order valence-corrected chi connectivity index (χ0v) is 16.5. The fourth-order valence-electron chi connectivity index (χ4n) is 2.92. The summed E-state index contributed by atoms with van der Waals surface area (Å²) in [6.45, 7) is 3.59. The van der Waals surface area contributed by atoms with Gasteiger partial charge in [-0.3, -0.25) is 9.59 Å². The molecule has 2 amide bonds. The first-order valence-electron chi connectivity index (χ1n) is 8.49. The molecule has 1 aliphatic heterocycles. The minimum Gasteiger partial charge on any atom is -0.322 e. The second-order valence-corrected chi connectivity index (χ2v) is 8.72. The predicted molar refractivity (Wildman–Crippen MR) is 106 cm³/mol. The summed E-state index contributed by atoms with van der Waals surface area (Å²) in [6, 6.07) is 11.5. The smallest absolute Gasteiger partial charge is 0.257 e. The van der Waals surface area contributed by atoms with Gasteiger partial charge in [0.2, 0.25) is 15.9 Å². The summed E-state index contributed by atoms with van der Waals surface area (Å²) in [6.07, 6.45) is 0.888. The summed E-state index contributed by atoms with van der Waals surface area (Å²) in [5.41, 5.74) is 1.94. The molecule has 142 valence electrons. The number of carbonyl (C=O) groups excluding carboxylic acids is 2. The zero-order valence-electron chi connectivity index (χ0n) is 14.9. The van der Waals surface area contributed by atoms with Crippen molar-refractivity contribution in [2.24, 2.45) is 5.92 Å². The lowest BCUT2D eigenvalue weighted by atomic mass is 10.1. The van der Waals surface area contributed by atoms with Gasteiger partial charge in [-0.1, -0.05) is 37.6 Å². The highest BCUT2D eigenvalue weighted by molar-refractivity contribution is 7.94. The Kier molecular flexibility index (Phi) is 5.26. The average molecular weight is 407 g/mol. The van der Waals surface area contributed by atoms with Gasteiger partial charge in [0.05, 0.1) is 27.9 Å². The summed E-state index contributed by atoms with van der Waals surface area (Å²) in [5.74, 6) is -1.87. The van der Waals surface area contributed by atoms with Crippen molar-refractivity contribution in [3.8, 4) is 0 Å². The molecule has 0 spiro atoms. The number of hydrogen-bond acceptors (Lipinski definition) is 4. The molecule has 8 heteroatoms. The Morgan fingerprint density at radius 2 is 1.89 bits per heavy atom. The van der Waals surface area contributed by atoms with E-state index >= 15 is 0 Å². The van der Waals surface area contributed by atoms with Crippen LogP contribution in [0.4, 0.5) is 11.4 Å². The molecule has 1 N–H and O–H groups in total. The monoisotopic (exact) mass is 406 g/mol. The first-order valence-corrected chi connectivity index (χ1v) is 10.5. The molecule has 1 unspecified atom stereocenters. The summed E-state index contributed by atoms with van der Waals surface area (Å²) in [5, 5.41) is 2.90. The van der Waals surface area contributed by atoms with Crippen LogP contribution in [-0.2, 0) is 21.2 Å². The Balaban J connectivity index is 1.91. The number of anilines is 2. The van der Waals surface area contributed by atoms with Crippen LogP contribution in [-0.4, -0.2) is 26.0 Å². The molecule has 0 aromatic heterocycles. The van der Waals surface area contributed by atoms with E-state index in [2.05, 4.69) is 5.32 Å². The number of carbonyl (C=O) groups is 2. The Hall–Kier alpha value is -2.38. The van der Waals surface area contributed by atoms with Gasteiger partial charge in [-0.05, 0) is 42.3 Å². The molecule has 0 saturated carbocycles. The Morgan fingerprint density at radius 1 is 1.22 bits per heavy atom. The lowest BCUT2D eigenvalue weighted by molar-refractivity contribution is -0.119. The molecule has 2 aromatic rings. The van der Waals surface area contributed by atoms with Crippen molar-refractivity contribution < 1.29 is 18.0 Å². The standard InChI is InChI=1S/C19H19ClN2O4S/c1-3-13-4-6-14(7-5-13)21-18(23)16-10-15(8-9-17(16)20)22-19(24)12(2)11-27(22,25)26/h4-10,12H,3,11H2,1-2H3,(H,21,23). The van der Waals surface area contributed by atoms with E-state index in [9.17, 15) is 18.0 Å². The van der Waals surface area contributed by atoms with Crippen molar-refractivity contribution in [2.75, 3.05) is 15.4 Å². The van der Waals surface area contributed by atoms with E-state index < -0.39 is 27.8 Å². The molecule has 0 radical (unpaired) electrons. The van der Waals surface area contributed by atoms with Crippen LogP contribution in [0.15, 0.2) is 42.5 Å². The zero-order chi connectivity index (χ0) is 19.8. The number of hydrogen-bond donors (Lipinski definition) is 1. The van der Waals surface area contributed by atoms with E-state index in [0.717, 1.165) is 16.3 Å². The molecule has 1 atom stereocenters. The first-order chi connectivity index (χ1) is 12.7. The summed E-state index contributed by atoms with van der Waals surface area (Å²) < 4.78 is 25.3. The lowest BCUT2D eigenvalue weighted by Crippen LogP contribution is -2.30. The van der Waals surface area contributed by atoms with E-state index in [1.807, 2.05) is 19.1 Å². The summed E-state index contributed by atoms with van der Waals surface area (Å²) in [7, 11) is -3.75. The molecule has 1 aliphatic rings. The largest absolute Gasteiger partial charge is 0.322 e. The van der Waals surface area contributed by atoms with Crippen molar-refractivity contribution in [1.29, 1.82) is 0 Å². The van der Waals surface area contributed by atoms with Crippen molar-refractivity contribution >= 4 is 44.8 Å². The number of halogens is 1. The third kappa shape index (κ3) is 3.84. The van der Waals surface area contributed by atoms with E-state index in [0.29, 0.717) is 5.69 Å². The number of aryl methyl sites for hydroxylation is 1. The maximum absolute atomic E-state index is 12.6. The second-order valence-electron chi connectivity index (χ2n) is 6.45. The average Bonchev–Trinajstić information content (AvgIpc) is 2.83. The number of nitrogens with one attached hydrogen (secondary N) is 1. The van der Waals surface area contributed by atoms with Crippen molar-refractivity contribution in [2.45, 2.75) is 20.3 Å². The van der Waals surface area contributed by atoms with Gasteiger partial charge in [0.15, 0.2) is 0 Å². The molecular formula is C19H19ClN2O4S. The highest BCUT2D eigenvalue weighted by Gasteiger charge is 2.42. The highest BCUT2D eigenvalue weighted by atomic mass is 35.5. The molecule has 0 bridgehead atoms. The fourth-order valence-corrected chi connectivity index (χ4v) is 4.94. The van der Waals surface area contributed by atoms with Crippen LogP contribution in [0.1, 0.15) is 29.8 Å². The van der Waals surface area contributed by atoms with E-state index in [-0.39, 0.29) is 22.0 Å². The van der Waals surface area contributed by atoms with Crippen LogP contribution in [0.2, 0.25) is 5.02 Å². The number of sulfonamides is 1. The van der Waals surface area contributed by atoms with Gasteiger partial charge >= 0.3 is 0 Å². The third-order valence-corrected chi connectivity index (χ3v) is 6.61. The molecule has 2 aromatic carbocycles. The summed E-state index contributed by atoms with van der Waals surface area (Å²) >= 11 is 6.13. The fraction of sp³-hybridized carbons (Fsp3) is 0.263. The molecule has 1 fully saturated rings. The number of nitrogens with zero attached hydrogens (tertiary/aromatic N) is 1. The van der Waals surface area contributed by atoms with Gasteiger partial charge in [-0.2, -0.15) is 0 Å². The Labute approximate surface area is 163 Å². The van der Waals surface area contributed by atoms with Crippen LogP contribution in [0.5, 0.6) is 0 Å². The van der Waals surface area contributed by atoms with Crippen LogP contribution >= 0.6 is 11.6 Å². The van der Waals surface area contributed by atoms with Gasteiger partial charge in [-0.25, -0.2) is 12.7 Å². The van der Waals surface area contributed by atoms with E-state index in [1.54, 1.807) is 19.1 Å². The number of amides is 2. The number of benzene rings is 2. The first kappa shape index (κ1) is 19.4. The molecule has 0 aliphatic carbocycles. The van der Waals surface area contributed by atoms with E-state index in [1.165, 1.54) is 18.2 Å². The quantitative estimate of drug-likeness (QED) is 0.842. The Morgan fingerprint density at radius 3 is 2.44 bits per heavy atom. The maximum atomic E-state index is 12.6. The normalized spacial score (nSPS) is 18.6. The molecule has 27 heavy (non-hydrogen) atoms. The highest BCUT2D eigenvalue weighted by Crippen LogP contribution is 2.31. The van der Waals surface area contributed by atoms with Gasteiger partial charge in [0.1, 0.15) is 0 Å². The second kappa shape index (κ2) is 7.32. The lowest BCUT2D eigenvalue weighted by Gasteiger charge is -2.17. The topological polar surface area (TPSA) is 83.6 Å².